The summed E-state index contributed by atoms with van der Waals surface area (Å²) >= 11 is 0. The second kappa shape index (κ2) is 5.93. The number of hydrogen-bond donors (Lipinski definition) is 1. The van der Waals surface area contributed by atoms with E-state index in [1.807, 2.05) is 0 Å². The Bertz CT molecular complexity index is 758. The average molecular weight is 365 g/mol. The van der Waals surface area contributed by atoms with Crippen molar-refractivity contribution in [1.82, 2.24) is 15.3 Å². The van der Waals surface area contributed by atoms with Crippen LogP contribution in [0.5, 0.6) is 5.88 Å². The van der Waals surface area contributed by atoms with Crippen LogP contribution in [0.15, 0.2) is 17.4 Å². The van der Waals surface area contributed by atoms with E-state index >= 15 is 0 Å². The van der Waals surface area contributed by atoms with Crippen LogP contribution in [-0.2, 0) is 14.6 Å². The van der Waals surface area contributed by atoms with E-state index < -0.39 is 9.84 Å². The summed E-state index contributed by atoms with van der Waals surface area (Å²) in [6.07, 6.45) is 9.55. The van der Waals surface area contributed by atoms with Gasteiger partial charge in [-0.25, -0.2) is 13.4 Å². The Kier molecular flexibility index (Phi) is 3.97. The highest BCUT2D eigenvalue weighted by molar-refractivity contribution is 7.90. The molecule has 0 spiro atoms. The molecular weight excluding hydrogens is 342 g/mol. The normalized spacial score (nSPS) is 33.2. The number of rotatable bonds is 5. The molecule has 25 heavy (non-hydrogen) atoms. The SMILES string of the molecule is CS(=O)(=O)c1nccc(OCC(=O)NC23CC4CC(CC(C4)C2)C3)n1. The van der Waals surface area contributed by atoms with Crippen molar-refractivity contribution in [1.29, 1.82) is 0 Å². The van der Waals surface area contributed by atoms with Crippen LogP contribution in [0.2, 0.25) is 0 Å². The number of carbonyl (C=O) groups excluding carboxylic acids is 1. The number of nitrogens with one attached hydrogen (secondary N) is 1. The maximum absolute atomic E-state index is 12.4. The van der Waals surface area contributed by atoms with Crippen LogP contribution in [0, 0.1) is 17.8 Å². The molecule has 0 atom stereocenters. The first-order valence-electron chi connectivity index (χ1n) is 8.78. The third-order valence-corrected chi connectivity index (χ3v) is 6.59. The minimum atomic E-state index is -3.50. The van der Waals surface area contributed by atoms with Crippen molar-refractivity contribution in [3.8, 4) is 5.88 Å². The highest BCUT2D eigenvalue weighted by atomic mass is 32.2. The van der Waals surface area contributed by atoms with Crippen LogP contribution in [0.1, 0.15) is 38.5 Å². The number of aromatic nitrogens is 2. The van der Waals surface area contributed by atoms with Gasteiger partial charge in [-0.3, -0.25) is 4.79 Å². The lowest BCUT2D eigenvalue weighted by molar-refractivity contribution is -0.128. The van der Waals surface area contributed by atoms with E-state index in [-0.39, 0.29) is 29.1 Å². The van der Waals surface area contributed by atoms with Gasteiger partial charge in [-0.2, -0.15) is 4.98 Å². The second-order valence-corrected chi connectivity index (χ2v) is 9.89. The third kappa shape index (κ3) is 3.49. The molecule has 0 radical (unpaired) electrons. The first-order chi connectivity index (χ1) is 11.8. The topological polar surface area (TPSA) is 98.3 Å². The molecule has 0 saturated heterocycles. The highest BCUT2D eigenvalue weighted by Gasteiger charge is 2.51. The van der Waals surface area contributed by atoms with Crippen molar-refractivity contribution in [3.63, 3.8) is 0 Å². The van der Waals surface area contributed by atoms with Gasteiger partial charge in [-0.1, -0.05) is 0 Å². The molecule has 1 N–H and O–H groups in total. The molecule has 0 aromatic carbocycles. The quantitative estimate of drug-likeness (QED) is 0.791. The zero-order valence-electron chi connectivity index (χ0n) is 14.3. The molecule has 1 aromatic heterocycles. The van der Waals surface area contributed by atoms with Gasteiger partial charge in [-0.05, 0) is 56.3 Å². The van der Waals surface area contributed by atoms with Gasteiger partial charge in [0, 0.05) is 24.1 Å². The number of hydrogen-bond acceptors (Lipinski definition) is 6. The summed E-state index contributed by atoms with van der Waals surface area (Å²) < 4.78 is 28.3. The number of nitrogens with zero attached hydrogens (tertiary/aromatic N) is 2. The fourth-order valence-electron chi connectivity index (χ4n) is 5.32. The van der Waals surface area contributed by atoms with Gasteiger partial charge in [0.25, 0.3) is 5.91 Å². The van der Waals surface area contributed by atoms with Gasteiger partial charge in [0.2, 0.25) is 20.9 Å². The predicted octanol–water partition coefficient (Wildman–Crippen LogP) is 1.34. The van der Waals surface area contributed by atoms with Crippen LogP contribution in [-0.4, -0.2) is 42.7 Å². The van der Waals surface area contributed by atoms with Crippen LogP contribution in [0.4, 0.5) is 0 Å². The molecule has 136 valence electrons. The molecule has 4 fully saturated rings. The van der Waals surface area contributed by atoms with Gasteiger partial charge in [0.15, 0.2) is 6.61 Å². The molecule has 1 heterocycles. The summed E-state index contributed by atoms with van der Waals surface area (Å²) in [5, 5.41) is 2.91. The first kappa shape index (κ1) is 16.8. The van der Waals surface area contributed by atoms with E-state index in [0.717, 1.165) is 43.3 Å². The molecule has 4 saturated carbocycles. The Morgan fingerprint density at radius 2 is 1.84 bits per heavy atom. The molecule has 4 aliphatic carbocycles. The monoisotopic (exact) mass is 365 g/mol. The zero-order chi connectivity index (χ0) is 17.7. The Labute approximate surface area is 147 Å². The Morgan fingerprint density at radius 3 is 2.40 bits per heavy atom. The number of sulfone groups is 1. The summed E-state index contributed by atoms with van der Waals surface area (Å²) in [6.45, 7) is -0.165. The lowest BCUT2D eigenvalue weighted by Gasteiger charge is -2.56. The summed E-state index contributed by atoms with van der Waals surface area (Å²) in [4.78, 5) is 19.9. The molecule has 0 unspecified atom stereocenters. The predicted molar refractivity (Wildman–Crippen MR) is 89.7 cm³/mol. The summed E-state index contributed by atoms with van der Waals surface area (Å²) in [5.41, 5.74) is -0.0568. The van der Waals surface area contributed by atoms with Crippen molar-refractivity contribution in [2.75, 3.05) is 12.9 Å². The molecule has 8 heteroatoms. The average Bonchev–Trinajstić information content (AvgIpc) is 2.50. The molecule has 5 rings (SSSR count). The Morgan fingerprint density at radius 1 is 1.24 bits per heavy atom. The highest BCUT2D eigenvalue weighted by Crippen LogP contribution is 2.55. The minimum absolute atomic E-state index is 0.0568. The second-order valence-electron chi connectivity index (χ2n) is 7.98. The number of amides is 1. The number of carbonyl (C=O) groups is 1. The maximum atomic E-state index is 12.4. The van der Waals surface area contributed by atoms with Crippen LogP contribution < -0.4 is 10.1 Å². The standard InChI is InChI=1S/C17H23N3O4S/c1-25(22,23)16-18-3-2-15(19-16)24-10-14(21)20-17-7-11-4-12(8-17)6-13(5-11)9-17/h2-3,11-13H,4-10H2,1H3,(H,20,21). The van der Waals surface area contributed by atoms with E-state index in [1.165, 1.54) is 31.5 Å². The summed E-state index contributed by atoms with van der Waals surface area (Å²) in [7, 11) is -3.50. The van der Waals surface area contributed by atoms with Crippen molar-refractivity contribution >= 4 is 15.7 Å². The Hall–Kier alpha value is -1.70. The van der Waals surface area contributed by atoms with E-state index in [9.17, 15) is 13.2 Å². The molecule has 7 nitrogen and oxygen atoms in total. The molecule has 1 aromatic rings. The summed E-state index contributed by atoms with van der Waals surface area (Å²) in [5.74, 6) is 2.20. The lowest BCUT2D eigenvalue weighted by atomic mass is 9.53. The molecule has 0 aliphatic heterocycles. The van der Waals surface area contributed by atoms with Gasteiger partial charge >= 0.3 is 0 Å². The molecule has 4 bridgehead atoms. The van der Waals surface area contributed by atoms with Crippen molar-refractivity contribution in [3.05, 3.63) is 12.3 Å². The van der Waals surface area contributed by atoms with Gasteiger partial charge < -0.3 is 10.1 Å². The third-order valence-electron chi connectivity index (χ3n) is 5.73. The number of ether oxygens (including phenoxy) is 1. The maximum Gasteiger partial charge on any atom is 0.258 e. The fourth-order valence-corrected chi connectivity index (χ4v) is 5.83. The van der Waals surface area contributed by atoms with Crippen molar-refractivity contribution < 1.29 is 17.9 Å². The molecule has 4 aliphatic rings. The van der Waals surface area contributed by atoms with Crippen LogP contribution >= 0.6 is 0 Å². The molecule has 1 amide bonds. The van der Waals surface area contributed by atoms with Crippen molar-refractivity contribution in [2.45, 2.75) is 49.2 Å². The smallest absolute Gasteiger partial charge is 0.258 e. The lowest BCUT2D eigenvalue weighted by Crippen LogP contribution is -2.60. The molecular formula is C17H23N3O4S. The van der Waals surface area contributed by atoms with Crippen LogP contribution in [0.3, 0.4) is 0 Å². The van der Waals surface area contributed by atoms with Gasteiger partial charge in [-0.15, -0.1) is 0 Å². The van der Waals surface area contributed by atoms with E-state index in [4.69, 9.17) is 4.74 Å². The van der Waals surface area contributed by atoms with Crippen molar-refractivity contribution in [2.24, 2.45) is 17.8 Å². The minimum Gasteiger partial charge on any atom is -0.467 e. The van der Waals surface area contributed by atoms with Crippen LogP contribution in [0.25, 0.3) is 0 Å². The summed E-state index contributed by atoms with van der Waals surface area (Å²) in [6, 6.07) is 1.45. The Balaban J connectivity index is 1.37. The fraction of sp³-hybridized carbons (Fsp3) is 0.706. The van der Waals surface area contributed by atoms with E-state index in [2.05, 4.69) is 15.3 Å². The first-order valence-corrected chi connectivity index (χ1v) is 10.7. The largest absolute Gasteiger partial charge is 0.467 e. The van der Waals surface area contributed by atoms with E-state index in [1.54, 1.807) is 0 Å². The van der Waals surface area contributed by atoms with Gasteiger partial charge in [0.05, 0.1) is 0 Å². The van der Waals surface area contributed by atoms with Gasteiger partial charge in [0.1, 0.15) is 0 Å². The van der Waals surface area contributed by atoms with E-state index in [0.29, 0.717) is 0 Å². The zero-order valence-corrected chi connectivity index (χ0v) is 15.1.